The highest BCUT2D eigenvalue weighted by molar-refractivity contribution is 5.92. The molecule has 1 saturated carbocycles. The monoisotopic (exact) mass is 359 g/mol. The molecule has 1 fully saturated rings. The van der Waals surface area contributed by atoms with Crippen molar-refractivity contribution in [2.45, 2.75) is 65.8 Å². The van der Waals surface area contributed by atoms with Crippen LogP contribution in [0.4, 0.5) is 10.5 Å². The number of hydrogen-bond acceptors (Lipinski definition) is 2. The maximum atomic E-state index is 12.1. The van der Waals surface area contributed by atoms with Crippen LogP contribution in [0.25, 0.3) is 0 Å². The van der Waals surface area contributed by atoms with Gasteiger partial charge in [-0.05, 0) is 56.1 Å². The fourth-order valence-electron chi connectivity index (χ4n) is 3.56. The quantitative estimate of drug-likeness (QED) is 0.711. The van der Waals surface area contributed by atoms with Crippen molar-refractivity contribution in [3.63, 3.8) is 0 Å². The van der Waals surface area contributed by atoms with E-state index in [2.05, 4.69) is 36.7 Å². The predicted molar refractivity (Wildman–Crippen MR) is 106 cm³/mol. The van der Waals surface area contributed by atoms with E-state index in [1.807, 2.05) is 31.2 Å². The number of urea groups is 1. The van der Waals surface area contributed by atoms with Gasteiger partial charge in [-0.15, -0.1) is 0 Å². The largest absolute Gasteiger partial charge is 0.352 e. The minimum Gasteiger partial charge on any atom is -0.352 e. The molecular weight excluding hydrogens is 326 g/mol. The predicted octanol–water partition coefficient (Wildman–Crippen LogP) is 4.23. The molecule has 0 spiro atoms. The van der Waals surface area contributed by atoms with E-state index in [9.17, 15) is 9.59 Å². The van der Waals surface area contributed by atoms with E-state index in [0.29, 0.717) is 11.1 Å². The molecule has 5 nitrogen and oxygen atoms in total. The molecule has 0 atom stereocenters. The Morgan fingerprint density at radius 1 is 1.08 bits per heavy atom. The van der Waals surface area contributed by atoms with E-state index in [0.717, 1.165) is 37.2 Å². The first kappa shape index (κ1) is 20.3. The fourth-order valence-corrected chi connectivity index (χ4v) is 3.56. The topological polar surface area (TPSA) is 70.2 Å². The molecule has 0 unspecified atom stereocenters. The SMILES string of the molecule is CCC(C)(C)C1CCC(NC(=O)CNC(=O)Nc2ccc(C)cc2)CC1. The minimum absolute atomic E-state index is 0.00191. The molecule has 0 aliphatic heterocycles. The first-order chi connectivity index (χ1) is 12.3. The van der Waals surface area contributed by atoms with Crippen molar-refractivity contribution in [3.8, 4) is 0 Å². The summed E-state index contributed by atoms with van der Waals surface area (Å²) >= 11 is 0. The van der Waals surface area contributed by atoms with Crippen molar-refractivity contribution in [2.24, 2.45) is 11.3 Å². The van der Waals surface area contributed by atoms with Crippen LogP contribution in [0, 0.1) is 18.3 Å². The molecule has 1 aliphatic carbocycles. The highest BCUT2D eigenvalue weighted by Gasteiger charge is 2.32. The molecule has 1 aromatic rings. The fraction of sp³-hybridized carbons (Fsp3) is 0.619. The lowest BCUT2D eigenvalue weighted by Crippen LogP contribution is -2.45. The van der Waals surface area contributed by atoms with E-state index < -0.39 is 0 Å². The van der Waals surface area contributed by atoms with Crippen LogP contribution < -0.4 is 16.0 Å². The van der Waals surface area contributed by atoms with Gasteiger partial charge in [0.2, 0.25) is 5.91 Å². The summed E-state index contributed by atoms with van der Waals surface area (Å²) in [6.07, 6.45) is 5.56. The molecule has 144 valence electrons. The molecule has 0 heterocycles. The zero-order chi connectivity index (χ0) is 19.2. The lowest BCUT2D eigenvalue weighted by molar-refractivity contribution is -0.121. The normalized spacial score (nSPS) is 20.3. The second-order valence-corrected chi connectivity index (χ2v) is 8.13. The first-order valence-electron chi connectivity index (χ1n) is 9.71. The van der Waals surface area contributed by atoms with Gasteiger partial charge in [-0.2, -0.15) is 0 Å². The highest BCUT2D eigenvalue weighted by atomic mass is 16.2. The molecule has 1 aliphatic rings. The molecule has 0 aromatic heterocycles. The van der Waals surface area contributed by atoms with Gasteiger partial charge < -0.3 is 16.0 Å². The molecule has 1 aromatic carbocycles. The Balaban J connectivity index is 1.67. The van der Waals surface area contributed by atoms with E-state index in [4.69, 9.17) is 0 Å². The van der Waals surface area contributed by atoms with Crippen molar-refractivity contribution < 1.29 is 9.59 Å². The number of hydrogen-bond donors (Lipinski definition) is 3. The Morgan fingerprint density at radius 3 is 2.27 bits per heavy atom. The van der Waals surface area contributed by atoms with E-state index >= 15 is 0 Å². The summed E-state index contributed by atoms with van der Waals surface area (Å²) in [6, 6.07) is 7.40. The molecule has 0 radical (unpaired) electrons. The minimum atomic E-state index is -0.364. The molecule has 0 saturated heterocycles. The maximum Gasteiger partial charge on any atom is 0.319 e. The van der Waals surface area contributed by atoms with Crippen LogP contribution in [0.1, 0.15) is 58.4 Å². The summed E-state index contributed by atoms with van der Waals surface area (Å²) in [4.78, 5) is 24.0. The number of benzene rings is 1. The summed E-state index contributed by atoms with van der Waals surface area (Å²) in [7, 11) is 0. The van der Waals surface area contributed by atoms with Crippen molar-refractivity contribution in [3.05, 3.63) is 29.8 Å². The van der Waals surface area contributed by atoms with Crippen LogP contribution in [0.2, 0.25) is 0 Å². The van der Waals surface area contributed by atoms with Crippen LogP contribution >= 0.6 is 0 Å². The van der Waals surface area contributed by atoms with Gasteiger partial charge in [-0.3, -0.25) is 4.79 Å². The van der Waals surface area contributed by atoms with Gasteiger partial charge >= 0.3 is 6.03 Å². The second-order valence-electron chi connectivity index (χ2n) is 8.13. The Labute approximate surface area is 157 Å². The van der Waals surface area contributed by atoms with E-state index in [-0.39, 0.29) is 24.5 Å². The summed E-state index contributed by atoms with van der Waals surface area (Å²) in [5, 5.41) is 8.40. The number of aryl methyl sites for hydroxylation is 1. The molecule has 26 heavy (non-hydrogen) atoms. The van der Waals surface area contributed by atoms with Crippen LogP contribution in [0.3, 0.4) is 0 Å². The molecular formula is C21H33N3O2. The summed E-state index contributed by atoms with van der Waals surface area (Å²) in [5.74, 6) is 0.612. The van der Waals surface area contributed by atoms with E-state index in [1.54, 1.807) is 0 Å². The zero-order valence-electron chi connectivity index (χ0n) is 16.5. The lowest BCUT2D eigenvalue weighted by Gasteiger charge is -2.39. The third-order valence-corrected chi connectivity index (χ3v) is 5.83. The first-order valence-corrected chi connectivity index (χ1v) is 9.71. The van der Waals surface area contributed by atoms with Crippen LogP contribution in [-0.4, -0.2) is 24.5 Å². The van der Waals surface area contributed by atoms with Gasteiger partial charge in [-0.25, -0.2) is 4.79 Å². The number of carbonyl (C=O) groups excluding carboxylic acids is 2. The third kappa shape index (κ3) is 6.04. The summed E-state index contributed by atoms with van der Waals surface area (Å²) < 4.78 is 0. The van der Waals surface area contributed by atoms with E-state index in [1.165, 1.54) is 6.42 Å². The van der Waals surface area contributed by atoms with Crippen LogP contribution in [0.5, 0.6) is 0 Å². The molecule has 5 heteroatoms. The van der Waals surface area contributed by atoms with Gasteiger partial charge in [0.25, 0.3) is 0 Å². The van der Waals surface area contributed by atoms with Gasteiger partial charge in [0, 0.05) is 11.7 Å². The summed E-state index contributed by atoms with van der Waals surface area (Å²) in [5.41, 5.74) is 2.22. The molecule has 0 bridgehead atoms. The Morgan fingerprint density at radius 2 is 1.69 bits per heavy atom. The van der Waals surface area contributed by atoms with Crippen molar-refractivity contribution >= 4 is 17.6 Å². The third-order valence-electron chi connectivity index (χ3n) is 5.83. The van der Waals surface area contributed by atoms with Crippen molar-refractivity contribution in [2.75, 3.05) is 11.9 Å². The molecule has 3 amide bonds. The van der Waals surface area contributed by atoms with Crippen molar-refractivity contribution in [1.29, 1.82) is 0 Å². The summed E-state index contributed by atoms with van der Waals surface area (Å²) in [6.45, 7) is 8.92. The van der Waals surface area contributed by atoms with Gasteiger partial charge in [0.05, 0.1) is 6.54 Å². The second kappa shape index (κ2) is 9.06. The number of nitrogens with one attached hydrogen (secondary N) is 3. The Hall–Kier alpha value is -2.04. The van der Waals surface area contributed by atoms with Crippen molar-refractivity contribution in [1.82, 2.24) is 10.6 Å². The number of carbonyl (C=O) groups is 2. The zero-order valence-corrected chi connectivity index (χ0v) is 16.5. The standard InChI is InChI=1S/C21H33N3O2/c1-5-21(3,4)16-8-12-17(13-9-16)23-19(25)14-22-20(26)24-18-10-6-15(2)7-11-18/h6-7,10-11,16-17H,5,8-9,12-14H2,1-4H3,(H,23,25)(H2,22,24,26). The average molecular weight is 360 g/mol. The number of rotatable bonds is 6. The Kier molecular flexibility index (Phi) is 7.06. The van der Waals surface area contributed by atoms with Gasteiger partial charge in [0.1, 0.15) is 0 Å². The van der Waals surface area contributed by atoms with Gasteiger partial charge in [-0.1, -0.05) is 44.9 Å². The molecule has 3 N–H and O–H groups in total. The molecule has 2 rings (SSSR count). The maximum absolute atomic E-state index is 12.1. The number of anilines is 1. The van der Waals surface area contributed by atoms with Gasteiger partial charge in [0.15, 0.2) is 0 Å². The smallest absolute Gasteiger partial charge is 0.319 e. The average Bonchev–Trinajstić information content (AvgIpc) is 2.62. The number of amides is 3. The van der Waals surface area contributed by atoms with Crippen LogP contribution in [0.15, 0.2) is 24.3 Å². The highest BCUT2D eigenvalue weighted by Crippen LogP contribution is 2.40. The lowest BCUT2D eigenvalue weighted by atomic mass is 9.69. The Bertz CT molecular complexity index is 602. The van der Waals surface area contributed by atoms with Crippen LogP contribution in [-0.2, 0) is 4.79 Å².